The molecule has 5 aromatic rings. The van der Waals surface area contributed by atoms with Gasteiger partial charge in [0.05, 0.1) is 11.1 Å². The van der Waals surface area contributed by atoms with Gasteiger partial charge in [0, 0.05) is 40.9 Å². The highest BCUT2D eigenvalue weighted by atomic mass is 32.1. The average molecular weight is 655 g/mol. The first-order valence-electron chi connectivity index (χ1n) is 17.1. The lowest BCUT2D eigenvalue weighted by Gasteiger charge is -2.50. The van der Waals surface area contributed by atoms with Gasteiger partial charge in [0.1, 0.15) is 0 Å². The van der Waals surface area contributed by atoms with Crippen LogP contribution < -0.4 is 5.32 Å². The van der Waals surface area contributed by atoms with Crippen LogP contribution in [0.4, 0.5) is 5.13 Å². The molecule has 4 aromatic carbocycles. The lowest BCUT2D eigenvalue weighted by molar-refractivity contribution is -0.126. The van der Waals surface area contributed by atoms with Gasteiger partial charge in [-0.1, -0.05) is 109 Å². The van der Waals surface area contributed by atoms with Crippen LogP contribution in [0.1, 0.15) is 94.6 Å². The number of fused-ring (bicyclic) bond motifs is 1. The number of hydrogen-bond donors (Lipinski definition) is 2. The number of thiazole rings is 1. The van der Waals surface area contributed by atoms with Crippen molar-refractivity contribution in [3.05, 3.63) is 141 Å². The van der Waals surface area contributed by atoms with Gasteiger partial charge in [-0.15, -0.1) is 11.3 Å². The molecule has 3 aliphatic carbocycles. The summed E-state index contributed by atoms with van der Waals surface area (Å²) in [7, 11) is 0. The number of nitrogens with one attached hydrogen (secondary N) is 1. The number of Topliss-reactive ketones (excluding diaryl/α,β-unsaturated/α-hetero) is 1. The van der Waals surface area contributed by atoms with Crippen molar-refractivity contribution in [1.82, 2.24) is 4.98 Å². The number of aryl methyl sites for hydroxylation is 1. The van der Waals surface area contributed by atoms with E-state index in [4.69, 9.17) is 4.98 Å². The fraction of sp³-hybridized carbons (Fsp3) is 0.310. The van der Waals surface area contributed by atoms with Crippen LogP contribution in [0.15, 0.2) is 102 Å². The summed E-state index contributed by atoms with van der Waals surface area (Å²) in [5.41, 5.74) is 9.19. The summed E-state index contributed by atoms with van der Waals surface area (Å²) >= 11 is 1.42. The Labute approximate surface area is 287 Å². The summed E-state index contributed by atoms with van der Waals surface area (Å²) < 4.78 is 0. The van der Waals surface area contributed by atoms with Gasteiger partial charge in [-0.3, -0.25) is 9.59 Å². The van der Waals surface area contributed by atoms with Crippen molar-refractivity contribution in [3.63, 3.8) is 0 Å². The molecule has 2 bridgehead atoms. The molecule has 1 aromatic heterocycles. The van der Waals surface area contributed by atoms with Crippen molar-refractivity contribution < 1.29 is 14.7 Å². The number of aliphatic hydroxyl groups excluding tert-OH is 1. The van der Waals surface area contributed by atoms with Gasteiger partial charge in [0.2, 0.25) is 5.91 Å². The lowest BCUT2D eigenvalue weighted by Crippen LogP contribution is -2.47. The van der Waals surface area contributed by atoms with E-state index in [1.54, 1.807) is 0 Å². The Hall–Kier alpha value is -4.39. The lowest BCUT2D eigenvalue weighted by atomic mass is 9.52. The van der Waals surface area contributed by atoms with Crippen LogP contribution in [-0.4, -0.2) is 28.4 Å². The minimum atomic E-state index is -0.616. The fourth-order valence-electron chi connectivity index (χ4n) is 7.97. The zero-order chi connectivity index (χ0) is 33.3. The Morgan fingerprint density at radius 2 is 1.58 bits per heavy atom. The molecule has 0 saturated carbocycles. The van der Waals surface area contributed by atoms with Crippen molar-refractivity contribution in [2.45, 2.75) is 64.2 Å². The quantitative estimate of drug-likeness (QED) is 0.104. The number of carbonyl (C=O) groups is 2. The van der Waals surface area contributed by atoms with E-state index in [0.29, 0.717) is 17.1 Å². The van der Waals surface area contributed by atoms with Crippen LogP contribution >= 0.6 is 11.3 Å². The summed E-state index contributed by atoms with van der Waals surface area (Å²) in [6, 6.07) is 33.3. The molecular formula is C42H42N2O3S. The molecule has 1 heterocycles. The number of hydrogen-bond acceptors (Lipinski definition) is 5. The molecule has 6 heteroatoms. The third-order valence-corrected chi connectivity index (χ3v) is 11.3. The van der Waals surface area contributed by atoms with E-state index >= 15 is 0 Å². The number of anilines is 1. The molecule has 1 amide bonds. The van der Waals surface area contributed by atoms with Crippen molar-refractivity contribution in [1.29, 1.82) is 0 Å². The molecule has 2 atom stereocenters. The number of unbranched alkanes of at least 4 members (excludes halogenated alkanes) is 2. The first kappa shape index (κ1) is 32.2. The number of carbonyl (C=O) groups excluding carboxylic acids is 2. The molecule has 5 nitrogen and oxygen atoms in total. The number of benzene rings is 4. The number of nitrogens with zero attached hydrogens (tertiary/aromatic N) is 1. The molecule has 0 saturated heterocycles. The molecule has 0 fully saturated rings. The summed E-state index contributed by atoms with van der Waals surface area (Å²) in [5, 5.41) is 15.0. The van der Waals surface area contributed by atoms with Gasteiger partial charge in [0.15, 0.2) is 10.9 Å². The molecule has 0 aliphatic heterocycles. The topological polar surface area (TPSA) is 79.3 Å². The summed E-state index contributed by atoms with van der Waals surface area (Å²) in [4.78, 5) is 32.9. The van der Waals surface area contributed by atoms with Crippen molar-refractivity contribution >= 4 is 28.2 Å². The van der Waals surface area contributed by atoms with Gasteiger partial charge in [-0.2, -0.15) is 0 Å². The highest BCUT2D eigenvalue weighted by molar-refractivity contribution is 7.14. The molecule has 0 spiro atoms. The van der Waals surface area contributed by atoms with Crippen LogP contribution in [0, 0.1) is 18.3 Å². The largest absolute Gasteiger partial charge is 0.396 e. The van der Waals surface area contributed by atoms with Gasteiger partial charge in [-0.25, -0.2) is 4.98 Å². The van der Waals surface area contributed by atoms with Gasteiger partial charge in [-0.05, 0) is 73.4 Å². The van der Waals surface area contributed by atoms with Crippen LogP contribution in [-0.2, 0) is 11.2 Å². The van der Waals surface area contributed by atoms with E-state index in [1.165, 1.54) is 39.2 Å². The van der Waals surface area contributed by atoms with E-state index in [0.717, 1.165) is 48.9 Å². The monoisotopic (exact) mass is 654 g/mol. The third-order valence-electron chi connectivity index (χ3n) is 10.5. The maximum atomic E-state index is 14.2. The van der Waals surface area contributed by atoms with Crippen molar-refractivity contribution in [2.75, 3.05) is 11.9 Å². The average Bonchev–Trinajstić information content (AvgIpc) is 3.59. The zero-order valence-electron chi connectivity index (χ0n) is 27.6. The molecule has 48 heavy (non-hydrogen) atoms. The normalized spacial score (nSPS) is 19.7. The van der Waals surface area contributed by atoms with E-state index in [1.807, 2.05) is 29.6 Å². The minimum absolute atomic E-state index is 0.00789. The van der Waals surface area contributed by atoms with Crippen molar-refractivity contribution in [2.24, 2.45) is 11.3 Å². The maximum absolute atomic E-state index is 14.2. The van der Waals surface area contributed by atoms with Gasteiger partial charge >= 0.3 is 0 Å². The second-order valence-corrected chi connectivity index (χ2v) is 14.6. The Kier molecular flexibility index (Phi) is 9.13. The fourth-order valence-corrected chi connectivity index (χ4v) is 8.69. The van der Waals surface area contributed by atoms with Crippen LogP contribution in [0.25, 0.3) is 11.3 Å². The maximum Gasteiger partial charge on any atom is 0.233 e. The minimum Gasteiger partial charge on any atom is -0.396 e. The molecule has 244 valence electrons. The van der Waals surface area contributed by atoms with Crippen molar-refractivity contribution in [3.8, 4) is 11.3 Å². The second-order valence-electron chi connectivity index (χ2n) is 13.8. The van der Waals surface area contributed by atoms with Crippen LogP contribution in [0.2, 0.25) is 0 Å². The molecule has 0 radical (unpaired) electrons. The smallest absolute Gasteiger partial charge is 0.233 e. The first-order valence-corrected chi connectivity index (χ1v) is 18.0. The SMILES string of the molecule is Cc1ccc(CC(CCCCCO)C(=O)c2cccc(-c3csc(NC(=O)C4(C)CC5c6ccccc6C4c4ccccc45)n3)c2)cc1. The Bertz CT molecular complexity index is 1900. The Morgan fingerprint density at radius 1 is 0.896 bits per heavy atom. The molecule has 8 rings (SSSR count). The van der Waals surface area contributed by atoms with Gasteiger partial charge in [0.25, 0.3) is 0 Å². The number of ketones is 1. The third kappa shape index (κ3) is 6.15. The first-order chi connectivity index (χ1) is 23.4. The molecule has 2 N–H and O–H groups in total. The van der Waals surface area contributed by atoms with E-state index in [9.17, 15) is 14.7 Å². The number of aliphatic hydroxyl groups is 1. The summed E-state index contributed by atoms with van der Waals surface area (Å²) in [6.07, 6.45) is 4.77. The highest BCUT2D eigenvalue weighted by Crippen LogP contribution is 2.61. The number of amides is 1. The van der Waals surface area contributed by atoms with Crippen LogP contribution in [0.5, 0.6) is 0 Å². The molecule has 3 aliphatic rings. The predicted octanol–water partition coefficient (Wildman–Crippen LogP) is 9.34. The van der Waals surface area contributed by atoms with E-state index < -0.39 is 5.41 Å². The summed E-state index contributed by atoms with van der Waals surface area (Å²) in [6.45, 7) is 4.35. The van der Waals surface area contributed by atoms with Crippen LogP contribution in [0.3, 0.4) is 0 Å². The number of aromatic nitrogens is 1. The zero-order valence-corrected chi connectivity index (χ0v) is 28.4. The second kappa shape index (κ2) is 13.6. The van der Waals surface area contributed by atoms with E-state index in [2.05, 4.69) is 92.0 Å². The Morgan fingerprint density at radius 3 is 2.27 bits per heavy atom. The van der Waals surface area contributed by atoms with E-state index in [-0.39, 0.29) is 36.1 Å². The highest BCUT2D eigenvalue weighted by Gasteiger charge is 2.54. The number of rotatable bonds is 12. The predicted molar refractivity (Wildman–Crippen MR) is 194 cm³/mol. The molecule has 2 unspecified atom stereocenters. The standard InChI is InChI=1S/C42H42N2O3S/c1-27-18-20-28(21-19-27)23-30(11-4-3-9-22-45)39(46)31-13-10-12-29(24-31)37-26-48-41(43-37)44-40(47)42(2)25-36-32-14-5-7-16-34(32)38(42)35-17-8-6-15-33(35)36/h5-8,10,12-21,24,26,30,36,38,45H,3-4,9,11,22-23,25H2,1-2H3,(H,43,44,47). The summed E-state index contributed by atoms with van der Waals surface area (Å²) in [5.74, 6) is 0.148. The molecular weight excluding hydrogens is 613 g/mol. The Balaban J connectivity index is 1.09. The van der Waals surface area contributed by atoms with Gasteiger partial charge < -0.3 is 10.4 Å².